The number of hydrogen-bond donors (Lipinski definition) is 1. The van der Waals surface area contributed by atoms with Gasteiger partial charge in [0.25, 0.3) is 0 Å². The molecule has 17 heavy (non-hydrogen) atoms. The van der Waals surface area contributed by atoms with E-state index in [1.807, 2.05) is 0 Å². The number of aromatic nitrogens is 1. The van der Waals surface area contributed by atoms with Crippen LogP contribution in [-0.2, 0) is 4.79 Å². The van der Waals surface area contributed by atoms with Gasteiger partial charge < -0.3 is 0 Å². The molecule has 1 aromatic carbocycles. The van der Waals surface area contributed by atoms with Gasteiger partial charge in [-0.1, -0.05) is 0 Å². The van der Waals surface area contributed by atoms with Gasteiger partial charge in [0.1, 0.15) is 0 Å². The van der Waals surface area contributed by atoms with Crippen molar-refractivity contribution in [3.05, 3.63) is 28.6 Å². The van der Waals surface area contributed by atoms with Crippen molar-refractivity contribution in [2.24, 2.45) is 0 Å². The van der Waals surface area contributed by atoms with Gasteiger partial charge in [0.05, 0.1) is 0 Å². The van der Waals surface area contributed by atoms with Crippen molar-refractivity contribution in [2.75, 3.05) is 7.11 Å². The number of rotatable bonds is 3. The van der Waals surface area contributed by atoms with E-state index >= 15 is 0 Å². The fraction of sp³-hybridized carbons (Fsp3) is 0.273. The second-order valence-electron chi connectivity index (χ2n) is 3.57. The van der Waals surface area contributed by atoms with E-state index in [1.54, 1.807) is 25.3 Å². The molecular formula is C11H11NO4Se. The summed E-state index contributed by atoms with van der Waals surface area (Å²) >= 11 is -0.336. The van der Waals surface area contributed by atoms with Gasteiger partial charge in [0.2, 0.25) is 0 Å². The summed E-state index contributed by atoms with van der Waals surface area (Å²) in [5.74, 6) is -0.345. The average Bonchev–Trinajstić information content (AvgIpc) is 2.66. The minimum absolute atomic E-state index is 0.228. The van der Waals surface area contributed by atoms with Crippen LogP contribution in [0, 0.1) is 0 Å². The van der Waals surface area contributed by atoms with Crippen molar-refractivity contribution >= 4 is 30.3 Å². The number of ether oxygens (including phenoxy) is 1. The standard InChI is InChI=1S/C11H11NO4Se/c1-6(11(14)15)12-10(13)7-4-3-5-8(16-2)9(7)17-12/h3-6H,1-2H3,(H,14,15)/t6-/m0/s1. The van der Waals surface area contributed by atoms with Crippen molar-refractivity contribution in [3.63, 3.8) is 0 Å². The maximum absolute atomic E-state index is 12.0. The zero-order valence-electron chi connectivity index (χ0n) is 9.34. The molecule has 2 aromatic rings. The number of nitrogens with zero attached hydrogens (tertiary/aromatic N) is 1. The first-order chi connectivity index (χ1) is 8.06. The molecule has 5 nitrogen and oxygen atoms in total. The summed E-state index contributed by atoms with van der Waals surface area (Å²) in [6.45, 7) is 1.51. The van der Waals surface area contributed by atoms with Gasteiger partial charge in [-0.25, -0.2) is 0 Å². The van der Waals surface area contributed by atoms with Gasteiger partial charge in [-0.3, -0.25) is 0 Å². The average molecular weight is 300 g/mol. The molecule has 0 spiro atoms. The summed E-state index contributed by atoms with van der Waals surface area (Å²) in [6.07, 6.45) is 0. The topological polar surface area (TPSA) is 68.5 Å². The summed E-state index contributed by atoms with van der Waals surface area (Å²) in [6, 6.07) is 4.42. The first-order valence-corrected chi connectivity index (χ1v) is 6.60. The molecule has 0 unspecified atom stereocenters. The quantitative estimate of drug-likeness (QED) is 0.848. The minimum atomic E-state index is -0.994. The van der Waals surface area contributed by atoms with E-state index in [-0.39, 0.29) is 20.3 Å². The molecule has 90 valence electrons. The Balaban J connectivity index is 2.73. The summed E-state index contributed by atoms with van der Waals surface area (Å²) in [7, 11) is 1.54. The Morgan fingerprint density at radius 1 is 1.53 bits per heavy atom. The fourth-order valence-corrected chi connectivity index (χ4v) is 3.91. The molecule has 0 radical (unpaired) electrons. The number of fused-ring (bicyclic) bond motifs is 1. The summed E-state index contributed by atoms with van der Waals surface area (Å²) in [4.78, 5) is 23.0. The molecule has 0 aliphatic heterocycles. The van der Waals surface area contributed by atoms with Gasteiger partial charge in [0.15, 0.2) is 0 Å². The number of methoxy groups -OCH3 is 1. The summed E-state index contributed by atoms with van der Waals surface area (Å²) in [5, 5.41) is 9.50. The fourth-order valence-electron chi connectivity index (χ4n) is 1.55. The molecule has 1 aromatic heterocycles. The van der Waals surface area contributed by atoms with Crippen molar-refractivity contribution < 1.29 is 14.6 Å². The third-order valence-corrected chi connectivity index (χ3v) is 5.22. The molecule has 0 saturated carbocycles. The number of hydrogen-bond acceptors (Lipinski definition) is 3. The van der Waals surface area contributed by atoms with Crippen molar-refractivity contribution in [1.82, 2.24) is 3.56 Å². The first kappa shape index (κ1) is 12.0. The first-order valence-electron chi connectivity index (χ1n) is 4.97. The van der Waals surface area contributed by atoms with Crippen molar-refractivity contribution in [2.45, 2.75) is 13.0 Å². The van der Waals surface area contributed by atoms with Crippen LogP contribution in [0.1, 0.15) is 13.0 Å². The van der Waals surface area contributed by atoms with E-state index in [9.17, 15) is 9.59 Å². The van der Waals surface area contributed by atoms with Gasteiger partial charge in [0, 0.05) is 0 Å². The molecule has 1 N–H and O–H groups in total. The molecule has 0 aliphatic rings. The predicted molar refractivity (Wildman–Crippen MR) is 64.0 cm³/mol. The molecule has 2 rings (SSSR count). The van der Waals surface area contributed by atoms with Crippen LogP contribution >= 0.6 is 0 Å². The molecule has 0 fully saturated rings. The Morgan fingerprint density at radius 3 is 2.82 bits per heavy atom. The molecule has 0 amide bonds. The van der Waals surface area contributed by atoms with Crippen LogP contribution in [0.4, 0.5) is 0 Å². The normalized spacial score (nSPS) is 12.6. The zero-order valence-corrected chi connectivity index (χ0v) is 11.0. The number of carbonyl (C=O) groups is 1. The third kappa shape index (κ3) is 1.90. The van der Waals surface area contributed by atoms with Gasteiger partial charge in [-0.2, -0.15) is 0 Å². The van der Waals surface area contributed by atoms with E-state index in [2.05, 4.69) is 0 Å². The van der Waals surface area contributed by atoms with Gasteiger partial charge in [-0.15, -0.1) is 0 Å². The zero-order chi connectivity index (χ0) is 12.6. The Bertz CT molecular complexity index is 628. The Labute approximate surface area is 103 Å². The van der Waals surface area contributed by atoms with Crippen molar-refractivity contribution in [3.8, 4) is 5.75 Å². The SMILES string of the molecule is COc1cccc2c(=O)n([C@@H](C)C(=O)O)[se]c12. The Kier molecular flexibility index (Phi) is 3.09. The van der Waals surface area contributed by atoms with E-state index in [4.69, 9.17) is 9.84 Å². The van der Waals surface area contributed by atoms with E-state index < -0.39 is 12.0 Å². The maximum atomic E-state index is 12.0. The van der Waals surface area contributed by atoms with E-state index in [0.29, 0.717) is 11.1 Å². The number of carboxylic acids is 1. The molecule has 6 heteroatoms. The number of carboxylic acid groups (broad SMARTS) is 1. The van der Waals surface area contributed by atoms with Crippen LogP contribution in [0.25, 0.3) is 9.65 Å². The molecule has 0 bridgehead atoms. The Hall–Kier alpha value is -1.52. The van der Waals surface area contributed by atoms with Crippen LogP contribution < -0.4 is 10.3 Å². The molecule has 0 aliphatic carbocycles. The molecule has 0 saturated heterocycles. The van der Waals surface area contributed by atoms with Crippen LogP contribution in [0.5, 0.6) is 5.75 Å². The molecular weight excluding hydrogens is 289 g/mol. The summed E-state index contributed by atoms with van der Waals surface area (Å²) < 4.78 is 7.39. The van der Waals surface area contributed by atoms with E-state index in [1.165, 1.54) is 10.5 Å². The summed E-state index contributed by atoms with van der Waals surface area (Å²) in [5.41, 5.74) is -0.228. The van der Waals surface area contributed by atoms with Crippen LogP contribution in [0.3, 0.4) is 0 Å². The third-order valence-electron chi connectivity index (χ3n) is 2.53. The van der Waals surface area contributed by atoms with E-state index in [0.717, 1.165) is 4.26 Å². The number of aliphatic carboxylic acids is 1. The van der Waals surface area contributed by atoms with Crippen LogP contribution in [0.15, 0.2) is 23.0 Å². The second-order valence-corrected chi connectivity index (χ2v) is 5.64. The molecule has 1 atom stereocenters. The van der Waals surface area contributed by atoms with Gasteiger partial charge >= 0.3 is 103 Å². The molecule has 1 heterocycles. The van der Waals surface area contributed by atoms with Crippen molar-refractivity contribution in [1.29, 1.82) is 0 Å². The van der Waals surface area contributed by atoms with Gasteiger partial charge in [-0.05, 0) is 0 Å². The Morgan fingerprint density at radius 2 is 2.24 bits per heavy atom. The predicted octanol–water partition coefficient (Wildman–Crippen LogP) is 0.713. The van der Waals surface area contributed by atoms with Crippen LogP contribution in [0.2, 0.25) is 0 Å². The number of benzene rings is 1. The second kappa shape index (κ2) is 4.39. The monoisotopic (exact) mass is 301 g/mol. The van der Waals surface area contributed by atoms with Crippen LogP contribution in [-0.4, -0.2) is 36.5 Å².